The molecule has 1 aromatic rings. The van der Waals surface area contributed by atoms with Gasteiger partial charge in [-0.3, -0.25) is 0 Å². The minimum atomic E-state index is -4.32. The Morgan fingerprint density at radius 2 is 2.11 bits per heavy atom. The highest BCUT2D eigenvalue weighted by Crippen LogP contribution is 2.39. The molecule has 3 fully saturated rings. The second-order valence-corrected chi connectivity index (χ2v) is 5.42. The molecule has 0 radical (unpaired) electrons. The maximum Gasteiger partial charge on any atom is 0.417 e. The van der Waals surface area contributed by atoms with Crippen molar-refractivity contribution in [3.63, 3.8) is 0 Å². The highest BCUT2D eigenvalue weighted by molar-refractivity contribution is 5.36. The van der Waals surface area contributed by atoms with E-state index in [2.05, 4.69) is 15.6 Å². The SMILES string of the molecule is FC(F)(F)c1ccc(NC[C@H]2NCC3CC2C3)nc1. The summed E-state index contributed by atoms with van der Waals surface area (Å²) in [6.45, 7) is 1.78. The number of fused-ring (bicyclic) bond motifs is 2. The molecule has 0 spiro atoms. The van der Waals surface area contributed by atoms with Crippen molar-refractivity contribution in [2.24, 2.45) is 11.8 Å². The molecule has 2 bridgehead atoms. The summed E-state index contributed by atoms with van der Waals surface area (Å²) in [5.41, 5.74) is -0.712. The van der Waals surface area contributed by atoms with Crippen molar-refractivity contribution in [2.75, 3.05) is 18.4 Å². The number of anilines is 1. The fourth-order valence-corrected chi connectivity index (χ4v) is 2.89. The van der Waals surface area contributed by atoms with Gasteiger partial charge in [0.05, 0.1) is 5.56 Å². The quantitative estimate of drug-likeness (QED) is 0.887. The lowest BCUT2D eigenvalue weighted by Gasteiger charge is -2.47. The third-order valence-corrected chi connectivity index (χ3v) is 4.10. The molecule has 2 N–H and O–H groups in total. The van der Waals surface area contributed by atoms with Crippen molar-refractivity contribution in [1.82, 2.24) is 10.3 Å². The molecule has 0 amide bonds. The zero-order valence-electron chi connectivity index (χ0n) is 10.4. The first-order valence-corrected chi connectivity index (χ1v) is 6.53. The van der Waals surface area contributed by atoms with Gasteiger partial charge in [-0.25, -0.2) is 4.98 Å². The number of piperidine rings is 2. The van der Waals surface area contributed by atoms with E-state index in [1.807, 2.05) is 0 Å². The fraction of sp³-hybridized carbons (Fsp3) is 0.615. The molecular formula is C13H16F3N3. The Hall–Kier alpha value is -1.30. The second-order valence-electron chi connectivity index (χ2n) is 5.42. The van der Waals surface area contributed by atoms with Crippen LogP contribution in [0.2, 0.25) is 0 Å². The van der Waals surface area contributed by atoms with Crippen LogP contribution in [0, 0.1) is 11.8 Å². The highest BCUT2D eigenvalue weighted by atomic mass is 19.4. The monoisotopic (exact) mass is 271 g/mol. The van der Waals surface area contributed by atoms with E-state index in [1.54, 1.807) is 0 Å². The maximum absolute atomic E-state index is 12.4. The molecule has 104 valence electrons. The predicted octanol–water partition coefficient (Wildman–Crippen LogP) is 2.51. The molecule has 4 rings (SSSR count). The van der Waals surface area contributed by atoms with Crippen molar-refractivity contribution >= 4 is 5.82 Å². The molecule has 1 saturated carbocycles. The summed E-state index contributed by atoms with van der Waals surface area (Å²) >= 11 is 0. The lowest BCUT2D eigenvalue weighted by Crippen LogP contribution is -2.55. The van der Waals surface area contributed by atoms with Gasteiger partial charge in [-0.2, -0.15) is 13.2 Å². The van der Waals surface area contributed by atoms with Gasteiger partial charge in [0.25, 0.3) is 0 Å². The zero-order valence-corrected chi connectivity index (χ0v) is 10.4. The molecule has 1 aliphatic carbocycles. The summed E-state index contributed by atoms with van der Waals surface area (Å²) in [5, 5.41) is 6.56. The normalized spacial score (nSPS) is 29.7. The Balaban J connectivity index is 1.55. The Bertz CT molecular complexity index is 435. The molecule has 3 heterocycles. The van der Waals surface area contributed by atoms with E-state index in [4.69, 9.17) is 0 Å². The predicted molar refractivity (Wildman–Crippen MR) is 65.7 cm³/mol. The number of nitrogens with one attached hydrogen (secondary N) is 2. The Kier molecular flexibility index (Phi) is 3.12. The van der Waals surface area contributed by atoms with Crippen molar-refractivity contribution in [3.8, 4) is 0 Å². The molecular weight excluding hydrogens is 255 g/mol. The van der Waals surface area contributed by atoms with Gasteiger partial charge >= 0.3 is 6.18 Å². The van der Waals surface area contributed by atoms with Crippen LogP contribution in [0.3, 0.4) is 0 Å². The van der Waals surface area contributed by atoms with Crippen LogP contribution < -0.4 is 10.6 Å². The van der Waals surface area contributed by atoms with Crippen LogP contribution in [0.1, 0.15) is 18.4 Å². The van der Waals surface area contributed by atoms with Gasteiger partial charge in [0.2, 0.25) is 0 Å². The van der Waals surface area contributed by atoms with E-state index in [-0.39, 0.29) is 0 Å². The molecule has 3 nitrogen and oxygen atoms in total. The summed E-state index contributed by atoms with van der Waals surface area (Å²) in [7, 11) is 0. The first kappa shape index (κ1) is 12.7. The molecule has 19 heavy (non-hydrogen) atoms. The molecule has 0 unspecified atom stereocenters. The third-order valence-electron chi connectivity index (χ3n) is 4.10. The summed E-state index contributed by atoms with van der Waals surface area (Å²) < 4.78 is 37.1. The van der Waals surface area contributed by atoms with Gasteiger partial charge in [-0.05, 0) is 43.4 Å². The van der Waals surface area contributed by atoms with Crippen LogP contribution in [-0.2, 0) is 6.18 Å². The summed E-state index contributed by atoms with van der Waals surface area (Å²) in [6.07, 6.45) is -0.896. The van der Waals surface area contributed by atoms with Gasteiger partial charge in [0.1, 0.15) is 5.82 Å². The lowest BCUT2D eigenvalue weighted by molar-refractivity contribution is -0.137. The minimum absolute atomic E-state index is 0.411. The number of nitrogens with zero attached hydrogens (tertiary/aromatic N) is 1. The molecule has 1 aromatic heterocycles. The average molecular weight is 271 g/mol. The van der Waals surface area contributed by atoms with Crippen molar-refractivity contribution in [2.45, 2.75) is 25.1 Å². The smallest absolute Gasteiger partial charge is 0.369 e. The van der Waals surface area contributed by atoms with Gasteiger partial charge in [0, 0.05) is 18.8 Å². The third kappa shape index (κ3) is 2.68. The van der Waals surface area contributed by atoms with Crippen LogP contribution in [0.15, 0.2) is 18.3 Å². The summed E-state index contributed by atoms with van der Waals surface area (Å²) in [5.74, 6) is 2.04. The summed E-state index contributed by atoms with van der Waals surface area (Å²) in [6, 6.07) is 2.85. The number of halogens is 3. The largest absolute Gasteiger partial charge is 0.417 e. The minimum Gasteiger partial charge on any atom is -0.369 e. The fourth-order valence-electron chi connectivity index (χ4n) is 2.89. The molecule has 0 aromatic carbocycles. The van der Waals surface area contributed by atoms with Crippen molar-refractivity contribution < 1.29 is 13.2 Å². The van der Waals surface area contributed by atoms with E-state index < -0.39 is 11.7 Å². The molecule has 3 aliphatic rings. The van der Waals surface area contributed by atoms with Crippen LogP contribution in [-0.4, -0.2) is 24.1 Å². The maximum atomic E-state index is 12.4. The van der Waals surface area contributed by atoms with E-state index in [9.17, 15) is 13.2 Å². The number of hydrogen-bond donors (Lipinski definition) is 2. The molecule has 2 aliphatic heterocycles. The lowest BCUT2D eigenvalue weighted by atomic mass is 9.68. The van der Waals surface area contributed by atoms with Gasteiger partial charge in [0.15, 0.2) is 0 Å². The molecule has 1 atom stereocenters. The van der Waals surface area contributed by atoms with Gasteiger partial charge in [-0.15, -0.1) is 0 Å². The number of aromatic nitrogens is 1. The van der Waals surface area contributed by atoms with E-state index in [1.165, 1.54) is 18.9 Å². The summed E-state index contributed by atoms with van der Waals surface area (Å²) in [4.78, 5) is 3.81. The van der Waals surface area contributed by atoms with Crippen LogP contribution >= 0.6 is 0 Å². The highest BCUT2D eigenvalue weighted by Gasteiger charge is 2.39. The van der Waals surface area contributed by atoms with E-state index >= 15 is 0 Å². The first-order chi connectivity index (χ1) is 9.02. The molecule has 2 saturated heterocycles. The average Bonchev–Trinajstić information content (AvgIpc) is 2.35. The van der Waals surface area contributed by atoms with Crippen molar-refractivity contribution in [3.05, 3.63) is 23.9 Å². The standard InChI is InChI=1S/C13H16F3N3/c14-13(15,16)10-1-2-12(18-6-10)19-7-11-9-3-8(4-9)5-17-11/h1-2,6,8-9,11,17H,3-5,7H2,(H,18,19)/t8?,9?,11-/m1/s1. The van der Waals surface area contributed by atoms with Crippen LogP contribution in [0.4, 0.5) is 19.0 Å². The van der Waals surface area contributed by atoms with E-state index in [0.29, 0.717) is 17.8 Å². The van der Waals surface area contributed by atoms with E-state index in [0.717, 1.165) is 31.3 Å². The number of rotatable bonds is 3. The Morgan fingerprint density at radius 3 is 2.63 bits per heavy atom. The molecule has 6 heteroatoms. The number of pyridine rings is 1. The van der Waals surface area contributed by atoms with Gasteiger partial charge < -0.3 is 10.6 Å². The van der Waals surface area contributed by atoms with Crippen LogP contribution in [0.25, 0.3) is 0 Å². The Morgan fingerprint density at radius 1 is 1.32 bits per heavy atom. The second kappa shape index (κ2) is 4.67. The van der Waals surface area contributed by atoms with Gasteiger partial charge in [-0.1, -0.05) is 0 Å². The van der Waals surface area contributed by atoms with Crippen molar-refractivity contribution in [1.29, 1.82) is 0 Å². The zero-order chi connectivity index (χ0) is 13.5. The number of hydrogen-bond acceptors (Lipinski definition) is 3. The topological polar surface area (TPSA) is 37.0 Å². The Labute approximate surface area is 109 Å². The first-order valence-electron chi connectivity index (χ1n) is 6.53. The van der Waals surface area contributed by atoms with Crippen LogP contribution in [0.5, 0.6) is 0 Å². The number of alkyl halides is 3.